The third-order valence-corrected chi connectivity index (χ3v) is 4.95. The molecule has 2 heterocycles. The standard InChI is InChI=1S/C17H18FNOS/c18-13-8-6-12(7-9-13)16(20)11-14-3-1-4-15(19-14)17-5-2-10-21-17/h2,5-10,14-15,19H,1,3-4,11H2/t14-,15-/m1/s1. The van der Waals surface area contributed by atoms with E-state index in [0.29, 0.717) is 18.0 Å². The Morgan fingerprint density at radius 2 is 2.05 bits per heavy atom. The van der Waals surface area contributed by atoms with E-state index in [1.807, 2.05) is 0 Å². The lowest BCUT2D eigenvalue weighted by Crippen LogP contribution is -2.38. The molecular weight excluding hydrogens is 285 g/mol. The van der Waals surface area contributed by atoms with Gasteiger partial charge in [-0.3, -0.25) is 4.79 Å². The van der Waals surface area contributed by atoms with E-state index in [0.717, 1.165) is 19.3 Å². The van der Waals surface area contributed by atoms with Crippen LogP contribution in [0.25, 0.3) is 0 Å². The van der Waals surface area contributed by atoms with Crippen molar-refractivity contribution in [2.75, 3.05) is 0 Å². The molecule has 1 saturated heterocycles. The number of piperidine rings is 1. The Hall–Kier alpha value is -1.52. The van der Waals surface area contributed by atoms with Gasteiger partial charge in [-0.2, -0.15) is 0 Å². The number of nitrogens with one attached hydrogen (secondary N) is 1. The first-order valence-electron chi connectivity index (χ1n) is 7.30. The first-order chi connectivity index (χ1) is 10.2. The second kappa shape index (κ2) is 6.50. The molecule has 0 bridgehead atoms. The van der Waals surface area contributed by atoms with Crippen LogP contribution in [0.15, 0.2) is 41.8 Å². The molecule has 1 aromatic carbocycles. The van der Waals surface area contributed by atoms with Gasteiger partial charge in [0.05, 0.1) is 0 Å². The molecule has 1 aliphatic rings. The number of Topliss-reactive ketones (excluding diaryl/α,β-unsaturated/α-hetero) is 1. The SMILES string of the molecule is O=C(C[C@H]1CCC[C@H](c2cccs2)N1)c1ccc(F)cc1. The fraction of sp³-hybridized carbons (Fsp3) is 0.353. The third kappa shape index (κ3) is 3.57. The molecule has 3 rings (SSSR count). The number of carbonyl (C=O) groups excluding carboxylic acids is 1. The molecule has 0 spiro atoms. The largest absolute Gasteiger partial charge is 0.306 e. The summed E-state index contributed by atoms with van der Waals surface area (Å²) in [6, 6.07) is 10.6. The first-order valence-corrected chi connectivity index (χ1v) is 8.18. The van der Waals surface area contributed by atoms with E-state index < -0.39 is 0 Å². The number of hydrogen-bond donors (Lipinski definition) is 1. The summed E-state index contributed by atoms with van der Waals surface area (Å²) in [7, 11) is 0. The monoisotopic (exact) mass is 303 g/mol. The summed E-state index contributed by atoms with van der Waals surface area (Å²) in [6.07, 6.45) is 3.76. The second-order valence-electron chi connectivity index (χ2n) is 5.50. The Bertz CT molecular complexity index is 594. The van der Waals surface area contributed by atoms with Crippen LogP contribution in [0, 0.1) is 5.82 Å². The summed E-state index contributed by atoms with van der Waals surface area (Å²) in [5.41, 5.74) is 0.594. The van der Waals surface area contributed by atoms with E-state index >= 15 is 0 Å². The van der Waals surface area contributed by atoms with Crippen LogP contribution in [-0.2, 0) is 0 Å². The van der Waals surface area contributed by atoms with Gasteiger partial charge in [0.2, 0.25) is 0 Å². The van der Waals surface area contributed by atoms with Crippen LogP contribution in [0.4, 0.5) is 4.39 Å². The molecule has 2 aromatic rings. The van der Waals surface area contributed by atoms with Crippen molar-refractivity contribution in [2.45, 2.75) is 37.8 Å². The van der Waals surface area contributed by atoms with Crippen LogP contribution in [0.1, 0.15) is 47.0 Å². The Kier molecular flexibility index (Phi) is 4.46. The summed E-state index contributed by atoms with van der Waals surface area (Å²) in [4.78, 5) is 13.6. The van der Waals surface area contributed by atoms with Crippen molar-refractivity contribution in [3.63, 3.8) is 0 Å². The number of rotatable bonds is 4. The predicted molar refractivity (Wildman–Crippen MR) is 83.2 cm³/mol. The quantitative estimate of drug-likeness (QED) is 0.851. The number of hydrogen-bond acceptors (Lipinski definition) is 3. The highest BCUT2D eigenvalue weighted by Crippen LogP contribution is 2.29. The Morgan fingerprint density at radius 3 is 2.76 bits per heavy atom. The van der Waals surface area contributed by atoms with Crippen LogP contribution >= 0.6 is 11.3 Å². The minimum Gasteiger partial charge on any atom is -0.306 e. The van der Waals surface area contributed by atoms with Gasteiger partial charge in [0, 0.05) is 28.9 Å². The van der Waals surface area contributed by atoms with Crippen LogP contribution in [0.5, 0.6) is 0 Å². The molecule has 21 heavy (non-hydrogen) atoms. The molecule has 110 valence electrons. The molecule has 4 heteroatoms. The maximum atomic E-state index is 12.9. The zero-order valence-electron chi connectivity index (χ0n) is 11.7. The van der Waals surface area contributed by atoms with E-state index in [2.05, 4.69) is 22.8 Å². The van der Waals surface area contributed by atoms with Gasteiger partial charge in [-0.1, -0.05) is 6.07 Å². The van der Waals surface area contributed by atoms with E-state index in [1.165, 1.54) is 17.0 Å². The van der Waals surface area contributed by atoms with Crippen molar-refractivity contribution in [1.29, 1.82) is 0 Å². The summed E-state index contributed by atoms with van der Waals surface area (Å²) >= 11 is 1.76. The fourth-order valence-electron chi connectivity index (χ4n) is 2.87. The lowest BCUT2D eigenvalue weighted by Gasteiger charge is -2.30. The molecule has 1 aromatic heterocycles. The molecule has 0 unspecified atom stereocenters. The zero-order chi connectivity index (χ0) is 14.7. The maximum absolute atomic E-state index is 12.9. The highest BCUT2D eigenvalue weighted by atomic mass is 32.1. The molecule has 0 saturated carbocycles. The Balaban J connectivity index is 1.62. The van der Waals surface area contributed by atoms with Crippen molar-refractivity contribution in [3.8, 4) is 0 Å². The van der Waals surface area contributed by atoms with Crippen molar-refractivity contribution in [2.24, 2.45) is 0 Å². The highest BCUT2D eigenvalue weighted by Gasteiger charge is 2.24. The zero-order valence-corrected chi connectivity index (χ0v) is 12.5. The topological polar surface area (TPSA) is 29.1 Å². The fourth-order valence-corrected chi connectivity index (χ4v) is 3.69. The van der Waals surface area contributed by atoms with Crippen LogP contribution in [0.2, 0.25) is 0 Å². The predicted octanol–water partition coefficient (Wildman–Crippen LogP) is 4.34. The molecule has 1 N–H and O–H groups in total. The van der Waals surface area contributed by atoms with Crippen molar-refractivity contribution < 1.29 is 9.18 Å². The molecule has 0 radical (unpaired) electrons. The summed E-state index contributed by atoms with van der Waals surface area (Å²) < 4.78 is 12.9. The van der Waals surface area contributed by atoms with Gasteiger partial charge in [0.1, 0.15) is 5.82 Å². The van der Waals surface area contributed by atoms with E-state index in [-0.39, 0.29) is 17.6 Å². The molecule has 2 atom stereocenters. The molecule has 0 aliphatic carbocycles. The maximum Gasteiger partial charge on any atom is 0.164 e. The van der Waals surface area contributed by atoms with Crippen LogP contribution < -0.4 is 5.32 Å². The van der Waals surface area contributed by atoms with Gasteiger partial charge >= 0.3 is 0 Å². The number of thiophene rings is 1. The average molecular weight is 303 g/mol. The number of halogens is 1. The van der Waals surface area contributed by atoms with E-state index in [9.17, 15) is 9.18 Å². The minimum absolute atomic E-state index is 0.0827. The van der Waals surface area contributed by atoms with Gasteiger partial charge in [-0.05, 0) is 55.0 Å². The number of ketones is 1. The van der Waals surface area contributed by atoms with Crippen molar-refractivity contribution >= 4 is 17.1 Å². The normalized spacial score (nSPS) is 22.1. The molecule has 2 nitrogen and oxygen atoms in total. The van der Waals surface area contributed by atoms with Crippen molar-refractivity contribution in [3.05, 3.63) is 58.0 Å². The summed E-state index contributed by atoms with van der Waals surface area (Å²) in [6.45, 7) is 0. The second-order valence-corrected chi connectivity index (χ2v) is 6.48. The summed E-state index contributed by atoms with van der Waals surface area (Å²) in [5, 5.41) is 5.67. The first kappa shape index (κ1) is 14.4. The molecular formula is C17H18FNOS. The minimum atomic E-state index is -0.305. The lowest BCUT2D eigenvalue weighted by molar-refractivity contribution is 0.0959. The average Bonchev–Trinajstić information content (AvgIpc) is 3.02. The lowest BCUT2D eigenvalue weighted by atomic mass is 9.93. The molecule has 0 amide bonds. The number of carbonyl (C=O) groups is 1. The van der Waals surface area contributed by atoms with Crippen LogP contribution in [-0.4, -0.2) is 11.8 Å². The molecule has 1 fully saturated rings. The van der Waals surface area contributed by atoms with E-state index in [1.54, 1.807) is 23.5 Å². The van der Waals surface area contributed by atoms with Gasteiger partial charge in [0.15, 0.2) is 5.78 Å². The summed E-state index contributed by atoms with van der Waals surface area (Å²) in [5.74, 6) is -0.223. The van der Waals surface area contributed by atoms with Gasteiger partial charge in [-0.25, -0.2) is 4.39 Å². The molecule has 1 aliphatic heterocycles. The Morgan fingerprint density at radius 1 is 1.24 bits per heavy atom. The van der Waals surface area contributed by atoms with Crippen molar-refractivity contribution in [1.82, 2.24) is 5.32 Å². The Labute approximate surface area is 128 Å². The smallest absolute Gasteiger partial charge is 0.164 e. The van der Waals surface area contributed by atoms with Gasteiger partial charge in [-0.15, -0.1) is 11.3 Å². The third-order valence-electron chi connectivity index (χ3n) is 3.97. The highest BCUT2D eigenvalue weighted by molar-refractivity contribution is 7.10. The van der Waals surface area contributed by atoms with E-state index in [4.69, 9.17) is 0 Å². The van der Waals surface area contributed by atoms with Gasteiger partial charge in [0.25, 0.3) is 0 Å². The van der Waals surface area contributed by atoms with Crippen LogP contribution in [0.3, 0.4) is 0 Å². The number of benzene rings is 1. The van der Waals surface area contributed by atoms with Gasteiger partial charge < -0.3 is 5.32 Å².